The first-order valence-electron chi connectivity index (χ1n) is 10.6. The maximum Gasteiger partial charge on any atom is 0.250 e. The second-order valence-corrected chi connectivity index (χ2v) is 8.67. The minimum absolute atomic E-state index is 0.0945. The molecule has 162 valence electrons. The first-order valence-corrected chi connectivity index (χ1v) is 11.7. The Bertz CT molecular complexity index is 751. The average Bonchev–Trinajstić information content (AvgIpc) is 2.99. The summed E-state index contributed by atoms with van der Waals surface area (Å²) in [6.07, 6.45) is 10.5. The van der Waals surface area contributed by atoms with Crippen LogP contribution >= 0.6 is 11.8 Å². The van der Waals surface area contributed by atoms with E-state index in [0.717, 1.165) is 43.1 Å². The van der Waals surface area contributed by atoms with Crippen molar-refractivity contribution >= 4 is 23.9 Å². The van der Waals surface area contributed by atoms with Crippen LogP contribution < -0.4 is 10.2 Å². The molecular formula is C23H32N4O2S. The molecule has 0 bridgehead atoms. The van der Waals surface area contributed by atoms with Crippen LogP contribution in [0.1, 0.15) is 12.8 Å². The number of allylic oxidation sites excluding steroid dienone is 2. The first kappa shape index (κ1) is 22.6. The summed E-state index contributed by atoms with van der Waals surface area (Å²) in [5.41, 5.74) is 3.65. The van der Waals surface area contributed by atoms with Crippen LogP contribution in [-0.4, -0.2) is 79.3 Å². The number of thioether (sulfide) groups is 1. The normalized spacial score (nSPS) is 20.7. The number of hydrazone groups is 1. The SMILES string of the molecule is CN1CCCN(C2C=CC(/C=N/NC(=O)CSCCOc3ccccc3)=CC2)CC1. The molecule has 1 N–H and O–H groups in total. The van der Waals surface area contributed by atoms with Gasteiger partial charge in [-0.25, -0.2) is 5.43 Å². The zero-order chi connectivity index (χ0) is 21.0. The second-order valence-electron chi connectivity index (χ2n) is 7.57. The fourth-order valence-corrected chi connectivity index (χ4v) is 4.10. The Hall–Kier alpha value is -2.09. The summed E-state index contributed by atoms with van der Waals surface area (Å²) in [5, 5.41) is 4.09. The van der Waals surface area contributed by atoms with E-state index >= 15 is 0 Å². The number of hydrogen-bond acceptors (Lipinski definition) is 6. The van der Waals surface area contributed by atoms with E-state index < -0.39 is 0 Å². The Balaban J connectivity index is 1.28. The van der Waals surface area contributed by atoms with E-state index in [1.807, 2.05) is 30.3 Å². The third-order valence-corrected chi connectivity index (χ3v) is 6.13. The van der Waals surface area contributed by atoms with Crippen LogP contribution in [0.4, 0.5) is 0 Å². The Morgan fingerprint density at radius 1 is 1.27 bits per heavy atom. The van der Waals surface area contributed by atoms with Crippen molar-refractivity contribution in [2.24, 2.45) is 5.10 Å². The van der Waals surface area contributed by atoms with Crippen molar-refractivity contribution in [3.63, 3.8) is 0 Å². The number of carbonyl (C=O) groups is 1. The van der Waals surface area contributed by atoms with Crippen molar-refractivity contribution in [2.45, 2.75) is 18.9 Å². The number of amides is 1. The lowest BCUT2D eigenvalue weighted by atomic mass is 10.0. The first-order chi connectivity index (χ1) is 14.7. The third-order valence-electron chi connectivity index (χ3n) is 5.20. The van der Waals surface area contributed by atoms with Gasteiger partial charge in [0.05, 0.1) is 18.6 Å². The van der Waals surface area contributed by atoms with Crippen molar-refractivity contribution in [3.8, 4) is 5.75 Å². The van der Waals surface area contributed by atoms with Gasteiger partial charge in [0.1, 0.15) is 5.75 Å². The number of rotatable bonds is 9. The predicted molar refractivity (Wildman–Crippen MR) is 125 cm³/mol. The number of ether oxygens (including phenoxy) is 1. The maximum absolute atomic E-state index is 11.9. The van der Waals surface area contributed by atoms with Crippen LogP contribution in [0.25, 0.3) is 0 Å². The lowest BCUT2D eigenvalue weighted by Gasteiger charge is -2.29. The highest BCUT2D eigenvalue weighted by molar-refractivity contribution is 7.99. The van der Waals surface area contributed by atoms with Gasteiger partial charge in [-0.05, 0) is 44.1 Å². The van der Waals surface area contributed by atoms with Crippen LogP contribution in [0.2, 0.25) is 0 Å². The maximum atomic E-state index is 11.9. The minimum Gasteiger partial charge on any atom is -0.493 e. The summed E-state index contributed by atoms with van der Waals surface area (Å²) in [6, 6.07) is 10.2. The highest BCUT2D eigenvalue weighted by Gasteiger charge is 2.19. The molecule has 1 heterocycles. The van der Waals surface area contributed by atoms with E-state index in [0.29, 0.717) is 18.4 Å². The molecule has 0 radical (unpaired) electrons. The van der Waals surface area contributed by atoms with Crippen LogP contribution in [0, 0.1) is 0 Å². The summed E-state index contributed by atoms with van der Waals surface area (Å²) in [4.78, 5) is 16.9. The summed E-state index contributed by atoms with van der Waals surface area (Å²) < 4.78 is 5.61. The zero-order valence-electron chi connectivity index (χ0n) is 17.7. The molecule has 0 aromatic heterocycles. The zero-order valence-corrected chi connectivity index (χ0v) is 18.5. The molecule has 6 nitrogen and oxygen atoms in total. The number of nitrogens with zero attached hydrogens (tertiary/aromatic N) is 3. The molecule has 1 aliphatic heterocycles. The van der Waals surface area contributed by atoms with Gasteiger partial charge in [-0.15, -0.1) is 11.8 Å². The monoisotopic (exact) mass is 428 g/mol. The number of nitrogens with one attached hydrogen (secondary N) is 1. The van der Waals surface area contributed by atoms with Gasteiger partial charge in [0, 0.05) is 31.4 Å². The minimum atomic E-state index is -0.0945. The summed E-state index contributed by atoms with van der Waals surface area (Å²) >= 11 is 1.54. The molecule has 1 saturated heterocycles. The lowest BCUT2D eigenvalue weighted by molar-refractivity contribution is -0.118. The Morgan fingerprint density at radius 3 is 2.93 bits per heavy atom. The molecule has 1 unspecified atom stereocenters. The molecule has 1 amide bonds. The highest BCUT2D eigenvalue weighted by Crippen LogP contribution is 2.17. The molecule has 2 aliphatic rings. The van der Waals surface area contributed by atoms with Gasteiger partial charge >= 0.3 is 0 Å². The summed E-state index contributed by atoms with van der Waals surface area (Å²) in [5.74, 6) is 1.89. The van der Waals surface area contributed by atoms with Crippen molar-refractivity contribution in [2.75, 3.05) is 51.3 Å². The molecular weight excluding hydrogens is 396 g/mol. The molecule has 1 atom stereocenters. The van der Waals surface area contributed by atoms with Crippen molar-refractivity contribution in [1.82, 2.24) is 15.2 Å². The second kappa shape index (κ2) is 12.6. The van der Waals surface area contributed by atoms with E-state index in [-0.39, 0.29) is 5.91 Å². The summed E-state index contributed by atoms with van der Waals surface area (Å²) in [7, 11) is 2.19. The average molecular weight is 429 g/mol. The van der Waals surface area contributed by atoms with Gasteiger partial charge in [0.2, 0.25) is 5.91 Å². The Morgan fingerprint density at radius 2 is 2.13 bits per heavy atom. The van der Waals surface area contributed by atoms with Gasteiger partial charge in [-0.3, -0.25) is 9.69 Å². The van der Waals surface area contributed by atoms with Crippen molar-refractivity contribution < 1.29 is 9.53 Å². The van der Waals surface area contributed by atoms with E-state index in [2.05, 4.69) is 45.6 Å². The van der Waals surface area contributed by atoms with E-state index in [1.54, 1.807) is 6.21 Å². The molecule has 1 aromatic rings. The topological polar surface area (TPSA) is 57.2 Å². The molecule has 30 heavy (non-hydrogen) atoms. The fraction of sp³-hybridized carbons (Fsp3) is 0.478. The van der Waals surface area contributed by atoms with E-state index in [9.17, 15) is 4.79 Å². The number of hydrogen-bond donors (Lipinski definition) is 1. The predicted octanol–water partition coefficient (Wildman–Crippen LogP) is 2.79. The molecule has 1 aromatic carbocycles. The quantitative estimate of drug-likeness (QED) is 0.372. The molecule has 3 rings (SSSR count). The molecule has 7 heteroatoms. The Kier molecular flexibility index (Phi) is 9.47. The number of para-hydroxylation sites is 1. The Labute approximate surface area is 184 Å². The third kappa shape index (κ3) is 7.97. The molecule has 0 saturated carbocycles. The summed E-state index contributed by atoms with van der Waals surface area (Å²) in [6.45, 7) is 5.16. The molecule has 0 spiro atoms. The van der Waals surface area contributed by atoms with Crippen LogP contribution in [0.15, 0.2) is 59.2 Å². The number of benzene rings is 1. The van der Waals surface area contributed by atoms with Gasteiger partial charge in [0.15, 0.2) is 0 Å². The van der Waals surface area contributed by atoms with E-state index in [1.165, 1.54) is 24.7 Å². The lowest BCUT2D eigenvalue weighted by Crippen LogP contribution is -2.37. The van der Waals surface area contributed by atoms with Crippen molar-refractivity contribution in [1.29, 1.82) is 0 Å². The van der Waals surface area contributed by atoms with E-state index in [4.69, 9.17) is 4.74 Å². The fourth-order valence-electron chi connectivity index (χ4n) is 3.50. The van der Waals surface area contributed by atoms with Gasteiger partial charge < -0.3 is 9.64 Å². The van der Waals surface area contributed by atoms with Gasteiger partial charge in [-0.2, -0.15) is 5.10 Å². The van der Waals surface area contributed by atoms with Crippen LogP contribution in [0.5, 0.6) is 5.75 Å². The van der Waals surface area contributed by atoms with Gasteiger partial charge in [0.25, 0.3) is 0 Å². The van der Waals surface area contributed by atoms with Crippen LogP contribution in [-0.2, 0) is 4.79 Å². The van der Waals surface area contributed by atoms with Gasteiger partial charge in [-0.1, -0.05) is 36.4 Å². The standard InChI is InChI=1S/C23H32N4O2S/c1-26-12-5-13-27(15-14-26)21-10-8-20(9-11-21)18-24-25-23(28)19-30-17-16-29-22-6-3-2-4-7-22/h2-4,6-10,18,21H,5,11-17,19H2,1H3,(H,25,28)/b24-18+. The number of likely N-dealkylation sites (N-methyl/N-ethyl adjacent to an activating group) is 1. The van der Waals surface area contributed by atoms with Crippen LogP contribution in [0.3, 0.4) is 0 Å². The largest absolute Gasteiger partial charge is 0.493 e. The van der Waals surface area contributed by atoms with Crippen molar-refractivity contribution in [3.05, 3.63) is 54.1 Å². The molecule has 1 aliphatic carbocycles. The smallest absolute Gasteiger partial charge is 0.250 e. The highest BCUT2D eigenvalue weighted by atomic mass is 32.2. The molecule has 1 fully saturated rings. The number of carbonyl (C=O) groups excluding carboxylic acids is 1.